The Labute approximate surface area is 97.3 Å². The molecule has 2 heterocycles. The van der Waals surface area contributed by atoms with Gasteiger partial charge >= 0.3 is 6.09 Å². The zero-order valence-corrected chi connectivity index (χ0v) is 9.68. The number of rotatable bonds is 1. The summed E-state index contributed by atoms with van der Waals surface area (Å²) in [6.07, 6.45) is -0.962. The number of amides is 1. The number of aliphatic imine (C=N–C) groups is 1. The van der Waals surface area contributed by atoms with Crippen LogP contribution < -0.4 is 0 Å². The maximum absolute atomic E-state index is 10.9. The molecule has 1 saturated heterocycles. The van der Waals surface area contributed by atoms with Crippen molar-refractivity contribution in [1.82, 2.24) is 4.90 Å². The second kappa shape index (κ2) is 4.60. The number of ether oxygens (including phenoxy) is 1. The van der Waals surface area contributed by atoms with Crippen LogP contribution in [-0.2, 0) is 4.74 Å². The van der Waals surface area contributed by atoms with Crippen molar-refractivity contribution in [1.29, 1.82) is 0 Å². The Morgan fingerprint density at radius 3 is 3.12 bits per heavy atom. The Bertz CT molecular complexity index is 323. The quantitative estimate of drug-likeness (QED) is 0.706. The van der Waals surface area contributed by atoms with Crippen LogP contribution in [0.1, 0.15) is 13.3 Å². The van der Waals surface area contributed by atoms with Crippen LogP contribution in [0.2, 0.25) is 0 Å². The van der Waals surface area contributed by atoms with Crippen LogP contribution in [0.4, 0.5) is 4.79 Å². The number of nitrogens with zero attached hydrogens (tertiary/aromatic N) is 2. The molecule has 90 valence electrons. The van der Waals surface area contributed by atoms with Crippen molar-refractivity contribution in [3.63, 3.8) is 0 Å². The van der Waals surface area contributed by atoms with Gasteiger partial charge in [-0.3, -0.25) is 9.89 Å². The van der Waals surface area contributed by atoms with E-state index in [-0.39, 0.29) is 11.5 Å². The van der Waals surface area contributed by atoms with Crippen LogP contribution in [0, 0.1) is 0 Å². The normalized spacial score (nSPS) is 33.1. The van der Waals surface area contributed by atoms with Gasteiger partial charge in [0.15, 0.2) is 5.17 Å². The van der Waals surface area contributed by atoms with Crippen LogP contribution in [0.5, 0.6) is 0 Å². The summed E-state index contributed by atoms with van der Waals surface area (Å²) in [6.45, 7) is 2.42. The molecule has 1 fully saturated rings. The van der Waals surface area contributed by atoms with E-state index in [9.17, 15) is 9.90 Å². The molecule has 2 rings (SSSR count). The minimum atomic E-state index is -1.01. The molecule has 3 atom stereocenters. The largest absolute Gasteiger partial charge is 0.465 e. The van der Waals surface area contributed by atoms with E-state index in [1.54, 1.807) is 6.92 Å². The second-order valence-corrected chi connectivity index (χ2v) is 4.78. The third-order valence-corrected chi connectivity index (χ3v) is 3.78. The third kappa shape index (κ3) is 2.16. The molecule has 0 aromatic heterocycles. The van der Waals surface area contributed by atoms with Gasteiger partial charge in [0, 0.05) is 13.0 Å². The highest BCUT2D eigenvalue weighted by Crippen LogP contribution is 2.34. The lowest BCUT2D eigenvalue weighted by Gasteiger charge is -2.26. The Hall–Kier alpha value is -0.790. The molecule has 0 radical (unpaired) electrons. The van der Waals surface area contributed by atoms with Crippen molar-refractivity contribution in [3.8, 4) is 0 Å². The van der Waals surface area contributed by atoms with Crippen molar-refractivity contribution in [2.75, 3.05) is 13.2 Å². The lowest BCUT2D eigenvalue weighted by molar-refractivity contribution is -0.0280. The number of carbonyl (C=O) groups is 1. The molecule has 0 spiro atoms. The van der Waals surface area contributed by atoms with Gasteiger partial charge in [0.25, 0.3) is 0 Å². The molecule has 2 aliphatic rings. The molecule has 2 N–H and O–H groups in total. The maximum Gasteiger partial charge on any atom is 0.413 e. The molecule has 3 unspecified atom stereocenters. The van der Waals surface area contributed by atoms with Crippen molar-refractivity contribution >= 4 is 23.0 Å². The minimum Gasteiger partial charge on any atom is -0.465 e. The van der Waals surface area contributed by atoms with Gasteiger partial charge in [-0.05, 0) is 6.92 Å². The topological polar surface area (TPSA) is 82.4 Å². The molecule has 6 nitrogen and oxygen atoms in total. The second-order valence-electron chi connectivity index (χ2n) is 3.71. The van der Waals surface area contributed by atoms with Crippen LogP contribution in [0.3, 0.4) is 0 Å². The van der Waals surface area contributed by atoms with E-state index in [0.717, 1.165) is 0 Å². The molecule has 0 aromatic rings. The predicted octanol–water partition coefficient (Wildman–Crippen LogP) is 0.565. The van der Waals surface area contributed by atoms with E-state index in [4.69, 9.17) is 9.84 Å². The molecule has 0 bridgehead atoms. The van der Waals surface area contributed by atoms with E-state index >= 15 is 0 Å². The summed E-state index contributed by atoms with van der Waals surface area (Å²) < 4.78 is 5.40. The Kier molecular flexibility index (Phi) is 3.36. The number of hydrogen-bond donors (Lipinski definition) is 2. The number of aliphatic hydroxyl groups excluding tert-OH is 1. The number of hydrogen-bond acceptors (Lipinski definition) is 5. The van der Waals surface area contributed by atoms with Gasteiger partial charge in [-0.2, -0.15) is 0 Å². The molecule has 16 heavy (non-hydrogen) atoms. The molecule has 2 aliphatic heterocycles. The fraction of sp³-hybridized carbons (Fsp3) is 0.778. The molecule has 7 heteroatoms. The highest BCUT2D eigenvalue weighted by atomic mass is 32.2. The predicted molar refractivity (Wildman–Crippen MR) is 59.6 cm³/mol. The van der Waals surface area contributed by atoms with Gasteiger partial charge in [0.1, 0.15) is 5.44 Å². The fourth-order valence-electron chi connectivity index (χ4n) is 1.76. The van der Waals surface area contributed by atoms with E-state index in [0.29, 0.717) is 24.7 Å². The van der Waals surface area contributed by atoms with Gasteiger partial charge in [0.2, 0.25) is 0 Å². The summed E-state index contributed by atoms with van der Waals surface area (Å²) in [5.74, 6) is 0. The number of thioether (sulfide) groups is 1. The highest BCUT2D eigenvalue weighted by Gasteiger charge is 2.39. The first-order valence-corrected chi connectivity index (χ1v) is 6.04. The van der Waals surface area contributed by atoms with Crippen molar-refractivity contribution in [3.05, 3.63) is 0 Å². The smallest absolute Gasteiger partial charge is 0.413 e. The number of aliphatic hydroxyl groups is 1. The molecule has 0 aliphatic carbocycles. The Balaban J connectivity index is 2.08. The Morgan fingerprint density at radius 1 is 1.75 bits per heavy atom. The first-order valence-electron chi connectivity index (χ1n) is 5.16. The van der Waals surface area contributed by atoms with E-state index in [1.165, 1.54) is 16.7 Å². The van der Waals surface area contributed by atoms with Gasteiger partial charge < -0.3 is 14.9 Å². The van der Waals surface area contributed by atoms with Crippen LogP contribution in [-0.4, -0.2) is 57.1 Å². The molecule has 0 aromatic carbocycles. The van der Waals surface area contributed by atoms with E-state index in [2.05, 4.69) is 4.99 Å². The van der Waals surface area contributed by atoms with Gasteiger partial charge in [-0.25, -0.2) is 4.79 Å². The summed E-state index contributed by atoms with van der Waals surface area (Å²) in [5, 5.41) is 18.8. The lowest BCUT2D eigenvalue weighted by atomic mass is 10.1. The summed E-state index contributed by atoms with van der Waals surface area (Å²) in [7, 11) is 0. The Morgan fingerprint density at radius 2 is 2.50 bits per heavy atom. The van der Waals surface area contributed by atoms with Gasteiger partial charge in [-0.15, -0.1) is 0 Å². The molecular weight excluding hydrogens is 232 g/mol. The highest BCUT2D eigenvalue weighted by molar-refractivity contribution is 8.14. The molecule has 1 amide bonds. The van der Waals surface area contributed by atoms with Gasteiger partial charge in [-0.1, -0.05) is 11.8 Å². The molecular formula is C9H14N2O4S. The zero-order chi connectivity index (χ0) is 11.7. The summed E-state index contributed by atoms with van der Waals surface area (Å²) in [4.78, 5) is 16.4. The monoisotopic (exact) mass is 246 g/mol. The van der Waals surface area contributed by atoms with Crippen molar-refractivity contribution in [2.45, 2.75) is 30.9 Å². The summed E-state index contributed by atoms with van der Waals surface area (Å²) in [5.41, 5.74) is -0.146. The van der Waals surface area contributed by atoms with E-state index < -0.39 is 12.2 Å². The zero-order valence-electron chi connectivity index (χ0n) is 8.87. The number of carboxylic acid groups (broad SMARTS) is 1. The van der Waals surface area contributed by atoms with Crippen LogP contribution >= 0.6 is 11.8 Å². The summed E-state index contributed by atoms with van der Waals surface area (Å²) >= 11 is 1.32. The van der Waals surface area contributed by atoms with Crippen molar-refractivity contribution < 1.29 is 19.7 Å². The first kappa shape index (κ1) is 11.7. The van der Waals surface area contributed by atoms with Crippen LogP contribution in [0.25, 0.3) is 0 Å². The third-order valence-electron chi connectivity index (χ3n) is 2.56. The maximum atomic E-state index is 10.9. The number of amidine groups is 1. The van der Waals surface area contributed by atoms with Crippen molar-refractivity contribution in [2.24, 2.45) is 4.99 Å². The minimum absolute atomic E-state index is 0.128. The molecule has 0 saturated carbocycles. The van der Waals surface area contributed by atoms with Gasteiger partial charge in [0.05, 0.1) is 18.8 Å². The SMILES string of the molecule is CCN(C(=O)O)C1=NC2CC(O)COC2S1. The average Bonchev–Trinajstić information content (AvgIpc) is 2.60. The van der Waals surface area contributed by atoms with Crippen LogP contribution in [0.15, 0.2) is 4.99 Å². The standard InChI is InChI=1S/C9H14N2O4S/c1-2-11(9(13)14)8-10-6-3-5(12)4-15-7(6)16-8/h5-7,12H,2-4H2,1H3,(H,13,14). The number of fused-ring (bicyclic) bond motifs is 1. The van der Waals surface area contributed by atoms with E-state index in [1.807, 2.05) is 0 Å². The summed E-state index contributed by atoms with van der Waals surface area (Å²) in [6, 6.07) is -0.128. The average molecular weight is 246 g/mol. The lowest BCUT2D eigenvalue weighted by Crippen LogP contribution is -2.36. The fourth-order valence-corrected chi connectivity index (χ4v) is 2.98. The first-order chi connectivity index (χ1) is 7.61.